The van der Waals surface area contributed by atoms with Gasteiger partial charge in [-0.05, 0) is 60.9 Å². The molecule has 118 valence electrons. The summed E-state index contributed by atoms with van der Waals surface area (Å²) in [5.74, 6) is 0. The van der Waals surface area contributed by atoms with Gasteiger partial charge in [0.15, 0.2) is 0 Å². The van der Waals surface area contributed by atoms with Gasteiger partial charge in [0.05, 0.1) is 0 Å². The summed E-state index contributed by atoms with van der Waals surface area (Å²) < 4.78 is 0. The fourth-order valence-electron chi connectivity index (χ4n) is 3.29. The molecule has 0 bridgehead atoms. The van der Waals surface area contributed by atoms with Crippen LogP contribution in [0.4, 0.5) is 0 Å². The second-order valence-corrected chi connectivity index (χ2v) is 8.12. The van der Waals surface area contributed by atoms with E-state index >= 15 is 0 Å². The van der Waals surface area contributed by atoms with Crippen molar-refractivity contribution in [3.05, 3.63) is 35.4 Å². The Bertz CT molecular complexity index is 438. The molecule has 0 aromatic heterocycles. The van der Waals surface area contributed by atoms with Gasteiger partial charge in [-0.25, -0.2) is 0 Å². The molecule has 2 N–H and O–H groups in total. The molecule has 1 saturated heterocycles. The van der Waals surface area contributed by atoms with Gasteiger partial charge in [0.2, 0.25) is 0 Å². The maximum Gasteiger partial charge on any atom is 0.00506 e. The summed E-state index contributed by atoms with van der Waals surface area (Å²) in [5, 5.41) is 0. The Kier molecular flexibility index (Phi) is 5.11. The number of hydrogen-bond donors (Lipinski definition) is 1. The maximum absolute atomic E-state index is 6.11. The lowest BCUT2D eigenvalue weighted by molar-refractivity contribution is 0.196. The molecule has 1 aliphatic heterocycles. The number of hydrogen-bond acceptors (Lipinski definition) is 2. The smallest absolute Gasteiger partial charge is 0.00506 e. The van der Waals surface area contributed by atoms with Crippen molar-refractivity contribution in [1.29, 1.82) is 0 Å². The Balaban J connectivity index is 2.03. The van der Waals surface area contributed by atoms with E-state index < -0.39 is 0 Å². The van der Waals surface area contributed by atoms with E-state index in [9.17, 15) is 0 Å². The Morgan fingerprint density at radius 1 is 1.00 bits per heavy atom. The van der Waals surface area contributed by atoms with Crippen LogP contribution in [-0.4, -0.2) is 31.1 Å². The Hall–Kier alpha value is -0.860. The van der Waals surface area contributed by atoms with Gasteiger partial charge in [0, 0.05) is 6.54 Å². The monoisotopic (exact) mass is 288 g/mol. The topological polar surface area (TPSA) is 29.3 Å². The number of nitrogens with zero attached hydrogens (tertiary/aromatic N) is 1. The number of benzene rings is 1. The van der Waals surface area contributed by atoms with E-state index in [1.807, 2.05) is 0 Å². The van der Waals surface area contributed by atoms with Gasteiger partial charge in [-0.15, -0.1) is 0 Å². The number of likely N-dealkylation sites (tertiary alicyclic amines) is 1. The maximum atomic E-state index is 6.11. The van der Waals surface area contributed by atoms with E-state index in [4.69, 9.17) is 5.73 Å². The molecule has 1 aromatic carbocycles. The first-order valence-electron chi connectivity index (χ1n) is 8.34. The van der Waals surface area contributed by atoms with Crippen molar-refractivity contribution in [3.8, 4) is 0 Å². The van der Waals surface area contributed by atoms with Crippen LogP contribution in [0.25, 0.3) is 0 Å². The summed E-state index contributed by atoms with van der Waals surface area (Å²) in [5.41, 5.74) is 9.34. The third kappa shape index (κ3) is 4.55. The Morgan fingerprint density at radius 3 is 2.05 bits per heavy atom. The molecule has 0 spiro atoms. The van der Waals surface area contributed by atoms with E-state index in [1.165, 1.54) is 37.1 Å². The average Bonchev–Trinajstić information content (AvgIpc) is 2.91. The van der Waals surface area contributed by atoms with Crippen LogP contribution in [0.1, 0.15) is 51.7 Å². The zero-order valence-corrected chi connectivity index (χ0v) is 14.3. The van der Waals surface area contributed by atoms with Gasteiger partial charge in [-0.2, -0.15) is 0 Å². The van der Waals surface area contributed by atoms with Crippen LogP contribution in [0.15, 0.2) is 24.3 Å². The summed E-state index contributed by atoms with van der Waals surface area (Å²) in [7, 11) is 0. The molecule has 1 heterocycles. The van der Waals surface area contributed by atoms with Crippen molar-refractivity contribution in [3.63, 3.8) is 0 Å². The molecule has 0 aliphatic carbocycles. The van der Waals surface area contributed by atoms with Gasteiger partial charge in [-0.1, -0.05) is 52.0 Å². The molecule has 1 unspecified atom stereocenters. The van der Waals surface area contributed by atoms with Crippen LogP contribution in [0.5, 0.6) is 0 Å². The van der Waals surface area contributed by atoms with E-state index in [1.54, 1.807) is 0 Å². The molecule has 21 heavy (non-hydrogen) atoms. The third-order valence-corrected chi connectivity index (χ3v) is 4.75. The fourth-order valence-corrected chi connectivity index (χ4v) is 3.29. The van der Waals surface area contributed by atoms with Crippen molar-refractivity contribution < 1.29 is 0 Å². The van der Waals surface area contributed by atoms with Crippen LogP contribution in [-0.2, 0) is 11.8 Å². The molecule has 1 aromatic rings. The molecule has 1 fully saturated rings. The highest BCUT2D eigenvalue weighted by molar-refractivity contribution is 5.28. The molecular weight excluding hydrogens is 256 g/mol. The predicted octanol–water partition coefficient (Wildman–Crippen LogP) is 3.59. The molecule has 2 heteroatoms. The quantitative estimate of drug-likeness (QED) is 0.897. The lowest BCUT2D eigenvalue weighted by Crippen LogP contribution is -2.41. The van der Waals surface area contributed by atoms with Gasteiger partial charge >= 0.3 is 0 Å². The number of nitrogens with two attached hydrogens (primary N) is 1. The summed E-state index contributed by atoms with van der Waals surface area (Å²) in [6.45, 7) is 13.5. The van der Waals surface area contributed by atoms with Gasteiger partial charge in [0.25, 0.3) is 0 Å². The van der Waals surface area contributed by atoms with E-state index in [0.29, 0.717) is 0 Å². The minimum atomic E-state index is 0.188. The van der Waals surface area contributed by atoms with Gasteiger partial charge in [-0.3, -0.25) is 0 Å². The Labute approximate surface area is 130 Å². The first-order chi connectivity index (χ1) is 9.82. The second-order valence-electron chi connectivity index (χ2n) is 8.12. The van der Waals surface area contributed by atoms with E-state index in [0.717, 1.165) is 19.5 Å². The molecule has 0 radical (unpaired) electrons. The van der Waals surface area contributed by atoms with Crippen LogP contribution in [0.2, 0.25) is 0 Å². The lowest BCUT2D eigenvalue weighted by atomic mass is 9.81. The first kappa shape index (κ1) is 16.5. The van der Waals surface area contributed by atoms with Crippen molar-refractivity contribution in [2.75, 3.05) is 26.2 Å². The summed E-state index contributed by atoms with van der Waals surface area (Å²) in [4.78, 5) is 2.58. The normalized spacial score (nSPS) is 19.7. The highest BCUT2D eigenvalue weighted by Crippen LogP contribution is 2.27. The zero-order chi connectivity index (χ0) is 15.5. The molecule has 2 nitrogen and oxygen atoms in total. The van der Waals surface area contributed by atoms with Crippen LogP contribution in [0, 0.1) is 5.41 Å². The van der Waals surface area contributed by atoms with Crippen molar-refractivity contribution >= 4 is 0 Å². The summed E-state index contributed by atoms with van der Waals surface area (Å²) >= 11 is 0. The average molecular weight is 288 g/mol. The highest BCUT2D eigenvalue weighted by Gasteiger charge is 2.27. The fraction of sp³-hybridized carbons (Fsp3) is 0.684. The largest absolute Gasteiger partial charge is 0.330 e. The summed E-state index contributed by atoms with van der Waals surface area (Å²) in [6.07, 6.45) is 3.77. The minimum absolute atomic E-state index is 0.188. The molecule has 1 aliphatic rings. The molecule has 1 atom stereocenters. The van der Waals surface area contributed by atoms with Crippen LogP contribution < -0.4 is 5.73 Å². The second kappa shape index (κ2) is 6.50. The summed E-state index contributed by atoms with van der Waals surface area (Å²) in [6, 6.07) is 9.14. The first-order valence-corrected chi connectivity index (χ1v) is 8.34. The predicted molar refractivity (Wildman–Crippen MR) is 91.7 cm³/mol. The van der Waals surface area contributed by atoms with Crippen LogP contribution in [0.3, 0.4) is 0 Å². The van der Waals surface area contributed by atoms with Crippen molar-refractivity contribution in [1.82, 2.24) is 4.90 Å². The highest BCUT2D eigenvalue weighted by atomic mass is 15.1. The van der Waals surface area contributed by atoms with Gasteiger partial charge < -0.3 is 10.6 Å². The van der Waals surface area contributed by atoms with Crippen molar-refractivity contribution in [2.45, 2.75) is 52.4 Å². The van der Waals surface area contributed by atoms with E-state index in [2.05, 4.69) is 56.9 Å². The Morgan fingerprint density at radius 2 is 1.57 bits per heavy atom. The molecule has 0 saturated carbocycles. The van der Waals surface area contributed by atoms with Gasteiger partial charge in [0.1, 0.15) is 0 Å². The lowest BCUT2D eigenvalue weighted by Gasteiger charge is -2.33. The SMILES string of the molecule is CC(CN)(Cc1ccc(C(C)(C)C)cc1)CN1CCCC1. The zero-order valence-electron chi connectivity index (χ0n) is 14.3. The standard InChI is InChI=1S/C19H32N2/c1-18(2,3)17-9-7-16(8-10-17)13-19(4,14-20)15-21-11-5-6-12-21/h7-10H,5-6,11-15,20H2,1-4H3. The third-order valence-electron chi connectivity index (χ3n) is 4.75. The molecular formula is C19H32N2. The van der Waals surface area contributed by atoms with Crippen molar-refractivity contribution in [2.24, 2.45) is 11.1 Å². The number of rotatable bonds is 5. The van der Waals surface area contributed by atoms with E-state index in [-0.39, 0.29) is 10.8 Å². The van der Waals surface area contributed by atoms with Crippen LogP contribution >= 0.6 is 0 Å². The molecule has 0 amide bonds. The molecule has 2 rings (SSSR count). The minimum Gasteiger partial charge on any atom is -0.330 e.